The molecule has 86 valence electrons. The second kappa shape index (κ2) is 4.27. The van der Waals surface area contributed by atoms with Crippen LogP contribution in [0.25, 0.3) is 10.3 Å². The molecule has 0 aliphatic heterocycles. The Morgan fingerprint density at radius 3 is 2.94 bits per heavy atom. The largest absolute Gasteiger partial charge is 0.493 e. The molecule has 2 aromatic rings. The van der Waals surface area contributed by atoms with E-state index in [0.29, 0.717) is 17.8 Å². The molecule has 0 fully saturated rings. The van der Waals surface area contributed by atoms with E-state index < -0.39 is 6.10 Å². The first-order valence-corrected chi connectivity index (χ1v) is 5.70. The van der Waals surface area contributed by atoms with Crippen LogP contribution >= 0.6 is 11.3 Å². The predicted octanol–water partition coefficient (Wildman–Crippen LogP) is 1.79. The molecule has 1 atom stereocenters. The number of benzene rings is 1. The third-order valence-corrected chi connectivity index (χ3v) is 2.98. The van der Waals surface area contributed by atoms with Crippen molar-refractivity contribution in [3.05, 3.63) is 27.4 Å². The van der Waals surface area contributed by atoms with E-state index in [4.69, 9.17) is 9.15 Å². The maximum Gasteiger partial charge on any atom is 0.396 e. The van der Waals surface area contributed by atoms with Crippen molar-refractivity contribution in [1.29, 1.82) is 0 Å². The molecule has 2 rings (SSSR count). The molecule has 0 aliphatic rings. The summed E-state index contributed by atoms with van der Waals surface area (Å²) in [6.45, 7) is 1.72. The number of rotatable bonds is 3. The SMILES string of the molecule is COc1cc(CC(C)O)cc2sc(=O)oc12. The summed E-state index contributed by atoms with van der Waals surface area (Å²) in [6.07, 6.45) is 0.101. The van der Waals surface area contributed by atoms with Gasteiger partial charge in [-0.1, -0.05) is 11.3 Å². The minimum Gasteiger partial charge on any atom is -0.493 e. The van der Waals surface area contributed by atoms with Crippen molar-refractivity contribution in [2.75, 3.05) is 7.11 Å². The van der Waals surface area contributed by atoms with Gasteiger partial charge in [0.25, 0.3) is 0 Å². The highest BCUT2D eigenvalue weighted by Crippen LogP contribution is 2.29. The maximum absolute atomic E-state index is 11.1. The van der Waals surface area contributed by atoms with Gasteiger partial charge in [-0.2, -0.15) is 0 Å². The maximum atomic E-state index is 11.1. The van der Waals surface area contributed by atoms with Gasteiger partial charge in [0.05, 0.1) is 17.9 Å². The van der Waals surface area contributed by atoms with Crippen molar-refractivity contribution in [1.82, 2.24) is 0 Å². The molecule has 0 saturated heterocycles. The van der Waals surface area contributed by atoms with Crippen LogP contribution in [0, 0.1) is 0 Å². The van der Waals surface area contributed by atoms with Gasteiger partial charge in [-0.15, -0.1) is 0 Å². The molecule has 0 amide bonds. The second-order valence-electron chi connectivity index (χ2n) is 3.63. The number of hydrogen-bond donors (Lipinski definition) is 1. The smallest absolute Gasteiger partial charge is 0.396 e. The number of aliphatic hydroxyl groups excluding tert-OH is 1. The molecule has 1 unspecified atom stereocenters. The van der Waals surface area contributed by atoms with Crippen LogP contribution in [0.5, 0.6) is 5.75 Å². The van der Waals surface area contributed by atoms with Crippen LogP contribution in [-0.4, -0.2) is 18.3 Å². The Morgan fingerprint density at radius 2 is 2.31 bits per heavy atom. The van der Waals surface area contributed by atoms with E-state index >= 15 is 0 Å². The molecular weight excluding hydrogens is 228 g/mol. The summed E-state index contributed by atoms with van der Waals surface area (Å²) in [7, 11) is 1.53. The lowest BCUT2D eigenvalue weighted by Gasteiger charge is -2.06. The van der Waals surface area contributed by atoms with Crippen LogP contribution in [0.4, 0.5) is 0 Å². The molecule has 1 heterocycles. The summed E-state index contributed by atoms with van der Waals surface area (Å²) in [6, 6.07) is 3.63. The Hall–Kier alpha value is -1.33. The van der Waals surface area contributed by atoms with Crippen molar-refractivity contribution >= 4 is 21.6 Å². The zero-order valence-electron chi connectivity index (χ0n) is 9.02. The average Bonchev–Trinajstić information content (AvgIpc) is 2.56. The summed E-state index contributed by atoms with van der Waals surface area (Å²) in [4.78, 5) is 10.8. The van der Waals surface area contributed by atoms with Gasteiger partial charge in [0.15, 0.2) is 11.3 Å². The minimum absolute atomic E-state index is 0.345. The Morgan fingerprint density at radius 1 is 1.56 bits per heavy atom. The second-order valence-corrected chi connectivity index (χ2v) is 4.61. The highest BCUT2D eigenvalue weighted by molar-refractivity contribution is 7.16. The zero-order chi connectivity index (χ0) is 11.7. The third-order valence-electron chi connectivity index (χ3n) is 2.21. The van der Waals surface area contributed by atoms with Crippen molar-refractivity contribution < 1.29 is 14.3 Å². The fraction of sp³-hybridized carbons (Fsp3) is 0.364. The van der Waals surface area contributed by atoms with E-state index in [2.05, 4.69) is 0 Å². The number of ether oxygens (including phenoxy) is 1. The number of aliphatic hydroxyl groups is 1. The van der Waals surface area contributed by atoms with Crippen molar-refractivity contribution in [3.8, 4) is 5.75 Å². The Bertz CT molecular complexity index is 553. The molecule has 1 aromatic carbocycles. The molecule has 0 saturated carbocycles. The topological polar surface area (TPSA) is 59.7 Å². The highest BCUT2D eigenvalue weighted by atomic mass is 32.1. The molecule has 1 N–H and O–H groups in total. The van der Waals surface area contributed by atoms with Crippen LogP contribution in [0.15, 0.2) is 21.3 Å². The first kappa shape index (κ1) is 11.2. The Labute approximate surface area is 96.1 Å². The van der Waals surface area contributed by atoms with E-state index in [1.807, 2.05) is 6.07 Å². The summed E-state index contributed by atoms with van der Waals surface area (Å²) in [5.41, 5.74) is 1.41. The highest BCUT2D eigenvalue weighted by Gasteiger charge is 2.11. The zero-order valence-corrected chi connectivity index (χ0v) is 9.84. The van der Waals surface area contributed by atoms with E-state index in [1.54, 1.807) is 13.0 Å². The fourth-order valence-electron chi connectivity index (χ4n) is 1.61. The number of fused-ring (bicyclic) bond motifs is 1. The minimum atomic E-state index is -0.425. The quantitative estimate of drug-likeness (QED) is 0.888. The summed E-state index contributed by atoms with van der Waals surface area (Å²) >= 11 is 1.04. The summed E-state index contributed by atoms with van der Waals surface area (Å²) in [5, 5.41) is 9.32. The van der Waals surface area contributed by atoms with Crippen LogP contribution in [0.2, 0.25) is 0 Å². The van der Waals surface area contributed by atoms with Crippen molar-refractivity contribution in [2.24, 2.45) is 0 Å². The van der Waals surface area contributed by atoms with E-state index in [0.717, 1.165) is 21.6 Å². The lowest BCUT2D eigenvalue weighted by atomic mass is 10.1. The van der Waals surface area contributed by atoms with Gasteiger partial charge in [-0.05, 0) is 31.0 Å². The van der Waals surface area contributed by atoms with Crippen molar-refractivity contribution in [3.63, 3.8) is 0 Å². The van der Waals surface area contributed by atoms with Crippen LogP contribution in [0.3, 0.4) is 0 Å². The Kier molecular flexibility index (Phi) is 2.98. The van der Waals surface area contributed by atoms with Crippen LogP contribution in [-0.2, 0) is 6.42 Å². The number of methoxy groups -OCH3 is 1. The molecule has 0 bridgehead atoms. The summed E-state index contributed by atoms with van der Waals surface area (Å²) < 4.78 is 10.9. The Balaban J connectivity index is 2.58. The van der Waals surface area contributed by atoms with Gasteiger partial charge >= 0.3 is 4.94 Å². The molecule has 0 aliphatic carbocycles. The fourth-order valence-corrected chi connectivity index (χ4v) is 2.36. The summed E-state index contributed by atoms with van der Waals surface area (Å²) in [5.74, 6) is 0.534. The monoisotopic (exact) mass is 240 g/mol. The molecule has 0 radical (unpaired) electrons. The lowest BCUT2D eigenvalue weighted by molar-refractivity contribution is 0.195. The standard InChI is InChI=1S/C11H12O4S/c1-6(12)3-7-4-8(14-2)10-9(5-7)16-11(13)15-10/h4-6,12H,3H2,1-2H3. The van der Waals surface area contributed by atoms with Gasteiger partial charge in [-0.25, -0.2) is 4.79 Å². The van der Waals surface area contributed by atoms with Gasteiger partial charge in [0.1, 0.15) is 0 Å². The van der Waals surface area contributed by atoms with Gasteiger partial charge in [0, 0.05) is 0 Å². The normalized spacial score (nSPS) is 12.9. The molecule has 1 aromatic heterocycles. The molecular formula is C11H12O4S. The van der Waals surface area contributed by atoms with E-state index in [9.17, 15) is 9.90 Å². The van der Waals surface area contributed by atoms with Gasteiger partial charge in [0.2, 0.25) is 0 Å². The lowest BCUT2D eigenvalue weighted by Crippen LogP contribution is -2.04. The van der Waals surface area contributed by atoms with Crippen LogP contribution in [0.1, 0.15) is 12.5 Å². The van der Waals surface area contributed by atoms with Gasteiger partial charge in [-0.3, -0.25) is 0 Å². The number of hydrogen-bond acceptors (Lipinski definition) is 5. The molecule has 5 heteroatoms. The van der Waals surface area contributed by atoms with Gasteiger partial charge < -0.3 is 14.3 Å². The average molecular weight is 240 g/mol. The third kappa shape index (κ3) is 2.10. The first-order chi connectivity index (χ1) is 7.60. The molecule has 16 heavy (non-hydrogen) atoms. The van der Waals surface area contributed by atoms with E-state index in [-0.39, 0.29) is 4.94 Å². The van der Waals surface area contributed by atoms with E-state index in [1.165, 1.54) is 7.11 Å². The first-order valence-electron chi connectivity index (χ1n) is 4.89. The van der Waals surface area contributed by atoms with Crippen molar-refractivity contribution in [2.45, 2.75) is 19.4 Å². The molecule has 0 spiro atoms. The predicted molar refractivity (Wildman–Crippen MR) is 62.3 cm³/mol. The molecule has 4 nitrogen and oxygen atoms in total. The van der Waals surface area contributed by atoms with Crippen LogP contribution < -0.4 is 9.68 Å².